The monoisotopic (exact) mass is 629 g/mol. The molecule has 1 amide bonds. The Kier molecular flexibility index (Phi) is 12.4. The highest BCUT2D eigenvalue weighted by Crippen LogP contribution is 2.45. The van der Waals surface area contributed by atoms with Gasteiger partial charge in [-0.25, -0.2) is 0 Å². The summed E-state index contributed by atoms with van der Waals surface area (Å²) < 4.78 is 13.1. The lowest BCUT2D eigenvalue weighted by atomic mass is 9.74. The maximum Gasteiger partial charge on any atom is 0.254 e. The van der Waals surface area contributed by atoms with Crippen LogP contribution in [-0.4, -0.2) is 42.3 Å². The summed E-state index contributed by atoms with van der Waals surface area (Å²) in [4.78, 5) is 16.8. The molecule has 246 valence electrons. The molecule has 0 saturated carbocycles. The Bertz CT molecular complexity index is 1110. The van der Waals surface area contributed by atoms with Crippen molar-refractivity contribution in [2.75, 3.05) is 24.7 Å². The van der Waals surface area contributed by atoms with Gasteiger partial charge >= 0.3 is 0 Å². The van der Waals surface area contributed by atoms with E-state index >= 15 is 0 Å². The van der Waals surface area contributed by atoms with Crippen LogP contribution in [0.1, 0.15) is 132 Å². The predicted molar refractivity (Wildman–Crippen MR) is 193 cm³/mol. The van der Waals surface area contributed by atoms with Crippen molar-refractivity contribution >= 4 is 28.2 Å². The van der Waals surface area contributed by atoms with E-state index in [1.165, 1.54) is 16.7 Å². The molecule has 0 unspecified atom stereocenters. The van der Waals surface area contributed by atoms with Crippen LogP contribution in [0.15, 0.2) is 29.3 Å². The van der Waals surface area contributed by atoms with Gasteiger partial charge in [-0.3, -0.25) is 4.79 Å². The van der Waals surface area contributed by atoms with Crippen molar-refractivity contribution in [3.63, 3.8) is 0 Å². The number of anilines is 1. The van der Waals surface area contributed by atoms with Crippen molar-refractivity contribution < 1.29 is 13.6 Å². The quantitative estimate of drug-likeness (QED) is 0.161. The van der Waals surface area contributed by atoms with E-state index in [1.807, 2.05) is 0 Å². The van der Waals surface area contributed by atoms with Crippen LogP contribution in [-0.2, 0) is 13.6 Å². The molecule has 0 aliphatic carbocycles. The summed E-state index contributed by atoms with van der Waals surface area (Å²) in [5, 5.41) is 0.370. The Balaban J connectivity index is 2.48. The third-order valence-corrected chi connectivity index (χ3v) is 19.6. The zero-order valence-electron chi connectivity index (χ0n) is 31.0. The molecule has 4 nitrogen and oxygen atoms in total. The summed E-state index contributed by atoms with van der Waals surface area (Å²) in [6, 6.07) is 6.60. The van der Waals surface area contributed by atoms with E-state index in [1.54, 1.807) is 0 Å². The summed E-state index contributed by atoms with van der Waals surface area (Å²) in [5.41, 5.74) is 5.88. The van der Waals surface area contributed by atoms with Gasteiger partial charge in [0.15, 0.2) is 16.6 Å². The molecule has 0 N–H and O–H groups in total. The molecular formula is C37H67NO3Si2. The molecule has 1 heterocycles. The molecule has 1 aromatic carbocycles. The van der Waals surface area contributed by atoms with Crippen LogP contribution in [0.25, 0.3) is 0 Å². The fraction of sp³-hybridized carbons (Fsp3) is 0.757. The number of hydrogen-bond acceptors (Lipinski definition) is 3. The molecule has 0 aromatic heterocycles. The normalized spacial score (nSPS) is 17.1. The van der Waals surface area contributed by atoms with Crippen LogP contribution >= 0.6 is 0 Å². The predicted octanol–water partition coefficient (Wildman–Crippen LogP) is 11.2. The first-order valence-corrected chi connectivity index (χ1v) is 22.7. The molecule has 0 saturated heterocycles. The van der Waals surface area contributed by atoms with E-state index in [4.69, 9.17) is 8.85 Å². The SMILES string of the molecule is CC(C)c1cccc(C(C)C)c1N1CC(C)(C)C(CCCO[Si](C)(C)C(C)(C)C)=C(CCCO[Si](C)(C)C(C)(C)C)C1=O. The lowest BCUT2D eigenvalue weighted by Crippen LogP contribution is -2.47. The van der Waals surface area contributed by atoms with Crippen LogP contribution in [0.5, 0.6) is 0 Å². The zero-order valence-corrected chi connectivity index (χ0v) is 33.0. The average Bonchev–Trinajstić information content (AvgIpc) is 2.85. The lowest BCUT2D eigenvalue weighted by Gasteiger charge is -2.43. The minimum absolute atomic E-state index is 0.126. The summed E-state index contributed by atoms with van der Waals surface area (Å²) in [5.74, 6) is 0.870. The van der Waals surface area contributed by atoms with Gasteiger partial charge in [0.1, 0.15) is 0 Å². The molecule has 1 aromatic rings. The Hall–Kier alpha value is -1.22. The number of carbonyl (C=O) groups is 1. The third-order valence-electron chi connectivity index (χ3n) is 10.5. The number of carbonyl (C=O) groups excluding carboxylic acids is 1. The Morgan fingerprint density at radius 1 is 0.791 bits per heavy atom. The lowest BCUT2D eigenvalue weighted by molar-refractivity contribution is -0.116. The second-order valence-corrected chi connectivity index (χ2v) is 26.9. The van der Waals surface area contributed by atoms with Gasteiger partial charge in [-0.15, -0.1) is 0 Å². The Morgan fingerprint density at radius 3 is 1.60 bits per heavy atom. The molecule has 0 radical (unpaired) electrons. The molecular weight excluding hydrogens is 563 g/mol. The summed E-state index contributed by atoms with van der Waals surface area (Å²) in [7, 11) is -3.65. The first-order chi connectivity index (χ1) is 19.4. The maximum atomic E-state index is 14.7. The van der Waals surface area contributed by atoms with Crippen LogP contribution in [0.2, 0.25) is 36.3 Å². The van der Waals surface area contributed by atoms with Crippen LogP contribution in [0.4, 0.5) is 5.69 Å². The van der Waals surface area contributed by atoms with E-state index in [-0.39, 0.29) is 21.4 Å². The van der Waals surface area contributed by atoms with Crippen molar-refractivity contribution in [1.29, 1.82) is 0 Å². The molecule has 0 bridgehead atoms. The first-order valence-electron chi connectivity index (χ1n) is 16.9. The first kappa shape index (κ1) is 38.0. The van der Waals surface area contributed by atoms with Crippen molar-refractivity contribution in [2.45, 2.75) is 157 Å². The third kappa shape index (κ3) is 9.17. The Morgan fingerprint density at radius 2 is 1.21 bits per heavy atom. The number of hydrogen-bond donors (Lipinski definition) is 0. The highest BCUT2D eigenvalue weighted by atomic mass is 28.4. The molecule has 43 heavy (non-hydrogen) atoms. The van der Waals surface area contributed by atoms with E-state index < -0.39 is 16.6 Å². The minimum atomic E-state index is -1.84. The number of amides is 1. The number of nitrogens with zero attached hydrogens (tertiary/aromatic N) is 1. The van der Waals surface area contributed by atoms with E-state index in [9.17, 15) is 4.79 Å². The maximum absolute atomic E-state index is 14.7. The number of rotatable bonds is 13. The van der Waals surface area contributed by atoms with E-state index in [2.05, 4.69) is 132 Å². The molecule has 6 heteroatoms. The van der Waals surface area contributed by atoms with Crippen molar-refractivity contribution in [1.82, 2.24) is 0 Å². The topological polar surface area (TPSA) is 38.8 Å². The average molecular weight is 630 g/mol. The van der Waals surface area contributed by atoms with Gasteiger partial charge in [-0.2, -0.15) is 0 Å². The molecule has 1 aliphatic heterocycles. The van der Waals surface area contributed by atoms with Gasteiger partial charge in [-0.05, 0) is 84.9 Å². The van der Waals surface area contributed by atoms with Gasteiger partial charge in [0.05, 0.1) is 5.69 Å². The number of para-hydroxylation sites is 1. The second-order valence-electron chi connectivity index (χ2n) is 17.3. The van der Waals surface area contributed by atoms with Gasteiger partial charge in [0, 0.05) is 30.7 Å². The van der Waals surface area contributed by atoms with Crippen LogP contribution in [0.3, 0.4) is 0 Å². The van der Waals surface area contributed by atoms with Crippen molar-refractivity contribution in [2.24, 2.45) is 5.41 Å². The zero-order chi connectivity index (χ0) is 33.2. The molecule has 2 rings (SSSR count). The van der Waals surface area contributed by atoms with Crippen molar-refractivity contribution in [3.05, 3.63) is 40.5 Å². The Labute approximate surface area is 268 Å². The molecule has 0 fully saturated rings. The smallest absolute Gasteiger partial charge is 0.254 e. The summed E-state index contributed by atoms with van der Waals surface area (Å²) >= 11 is 0. The number of benzene rings is 1. The standard InChI is InChI=1S/C37H67NO3Si2/c1-27(2)29-20-17-21-30(28(3)4)33(29)38-26-37(11,12)32(23-19-25-41-43(15,16)36(8,9)10)31(34(38)39)22-18-24-40-42(13,14)35(5,6)7/h17,20-21,27-28H,18-19,22-26H2,1-16H3. The minimum Gasteiger partial charge on any atom is -0.417 e. The fourth-order valence-electron chi connectivity index (χ4n) is 5.60. The van der Waals surface area contributed by atoms with Gasteiger partial charge in [0.2, 0.25) is 0 Å². The van der Waals surface area contributed by atoms with Gasteiger partial charge < -0.3 is 13.8 Å². The van der Waals surface area contributed by atoms with Crippen LogP contribution in [0, 0.1) is 5.41 Å². The largest absolute Gasteiger partial charge is 0.417 e. The van der Waals surface area contributed by atoms with E-state index in [0.29, 0.717) is 25.0 Å². The highest BCUT2D eigenvalue weighted by molar-refractivity contribution is 6.74. The van der Waals surface area contributed by atoms with Gasteiger partial charge in [-0.1, -0.05) is 107 Å². The van der Waals surface area contributed by atoms with Crippen molar-refractivity contribution in [3.8, 4) is 0 Å². The molecule has 0 spiro atoms. The highest BCUT2D eigenvalue weighted by Gasteiger charge is 2.41. The second kappa shape index (κ2) is 14.0. The van der Waals surface area contributed by atoms with E-state index in [0.717, 1.165) is 43.6 Å². The van der Waals surface area contributed by atoms with Gasteiger partial charge in [0.25, 0.3) is 5.91 Å². The summed E-state index contributed by atoms with van der Waals surface area (Å²) in [6.45, 7) is 38.8. The molecule has 0 atom stereocenters. The summed E-state index contributed by atoms with van der Waals surface area (Å²) in [6.07, 6.45) is 3.47. The molecule has 1 aliphatic rings. The van der Waals surface area contributed by atoms with Crippen LogP contribution < -0.4 is 4.90 Å². The fourth-order valence-corrected chi connectivity index (χ4v) is 7.77.